The molecule has 1 heterocycles. The third-order valence-electron chi connectivity index (χ3n) is 2.88. The largest absolute Gasteiger partial charge is 0.317 e. The molecule has 0 aromatic heterocycles. The molecule has 14 heavy (non-hydrogen) atoms. The maximum atomic E-state index is 5.53. The predicted octanol–water partition coefficient (Wildman–Crippen LogP) is 2.06. The number of likely N-dealkylation sites (N-methyl/N-ethyl adjacent to an activating group) is 1. The molecule has 1 fully saturated rings. The highest BCUT2D eigenvalue weighted by Gasteiger charge is 2.15. The van der Waals surface area contributed by atoms with Gasteiger partial charge in [0.1, 0.15) is 0 Å². The number of halogens is 1. The Morgan fingerprint density at radius 1 is 1.43 bits per heavy atom. The lowest BCUT2D eigenvalue weighted by Crippen LogP contribution is -2.36. The topological polar surface area (TPSA) is 15.3 Å². The van der Waals surface area contributed by atoms with E-state index in [1.54, 1.807) is 5.54 Å². The molecule has 82 valence electrons. The summed E-state index contributed by atoms with van der Waals surface area (Å²) in [5, 5.41) is 3.40. The first-order valence-electron chi connectivity index (χ1n) is 5.55. The van der Waals surface area contributed by atoms with Crippen LogP contribution in [0.2, 0.25) is 0 Å². The van der Waals surface area contributed by atoms with E-state index in [0.29, 0.717) is 0 Å². The highest BCUT2D eigenvalue weighted by Crippen LogP contribution is 2.13. The maximum absolute atomic E-state index is 5.53. The van der Waals surface area contributed by atoms with Crippen LogP contribution in [0.15, 0.2) is 11.6 Å². The van der Waals surface area contributed by atoms with E-state index in [9.17, 15) is 0 Å². The highest BCUT2D eigenvalue weighted by atomic mass is 35.5. The summed E-state index contributed by atoms with van der Waals surface area (Å²) >= 11 is 5.53. The minimum Gasteiger partial charge on any atom is -0.317 e. The fourth-order valence-corrected chi connectivity index (χ4v) is 2.03. The number of rotatable bonds is 5. The van der Waals surface area contributed by atoms with Gasteiger partial charge in [-0.05, 0) is 38.4 Å². The van der Waals surface area contributed by atoms with Gasteiger partial charge in [0.2, 0.25) is 0 Å². The molecule has 0 saturated carbocycles. The lowest BCUT2D eigenvalue weighted by atomic mass is 9.97. The summed E-state index contributed by atoms with van der Waals surface area (Å²) in [5.74, 6) is 0.875. The Labute approximate surface area is 92.3 Å². The molecular weight excluding hydrogens is 196 g/mol. The minimum atomic E-state index is 0.875. The van der Waals surface area contributed by atoms with Crippen molar-refractivity contribution < 1.29 is 0 Å². The Kier molecular flexibility index (Phi) is 6.24. The fraction of sp³-hybridized carbons (Fsp3) is 0.818. The monoisotopic (exact) mass is 216 g/mol. The molecule has 0 amide bonds. The first kappa shape index (κ1) is 12.0. The molecule has 1 aliphatic heterocycles. The third kappa shape index (κ3) is 4.45. The second-order valence-corrected chi connectivity index (χ2v) is 4.16. The lowest BCUT2D eigenvalue weighted by Gasteiger charge is -2.28. The number of nitrogens with one attached hydrogen (secondary N) is 1. The second-order valence-electron chi connectivity index (χ2n) is 3.91. The molecule has 1 aliphatic rings. The summed E-state index contributed by atoms with van der Waals surface area (Å²) in [4.78, 5) is 2.45. The van der Waals surface area contributed by atoms with Crippen LogP contribution in [0.5, 0.6) is 0 Å². The Bertz CT molecular complexity index is 165. The van der Waals surface area contributed by atoms with E-state index in [1.165, 1.54) is 32.5 Å². The van der Waals surface area contributed by atoms with Gasteiger partial charge in [0.15, 0.2) is 0 Å². The fourth-order valence-electron chi connectivity index (χ4n) is 1.95. The van der Waals surface area contributed by atoms with Crippen molar-refractivity contribution in [3.63, 3.8) is 0 Å². The van der Waals surface area contributed by atoms with Gasteiger partial charge >= 0.3 is 0 Å². The van der Waals surface area contributed by atoms with Gasteiger partial charge in [-0.1, -0.05) is 24.6 Å². The van der Waals surface area contributed by atoms with Crippen molar-refractivity contribution in [3.8, 4) is 0 Å². The number of hydrogen-bond acceptors (Lipinski definition) is 2. The van der Waals surface area contributed by atoms with E-state index in [-0.39, 0.29) is 0 Å². The van der Waals surface area contributed by atoms with Crippen molar-refractivity contribution in [2.75, 3.05) is 32.7 Å². The predicted molar refractivity (Wildman–Crippen MR) is 62.7 cm³/mol. The van der Waals surface area contributed by atoms with Gasteiger partial charge in [-0.15, -0.1) is 0 Å². The SMILES string of the molecule is CCN(CC=CCl)CC1CCNCC1. The summed E-state index contributed by atoms with van der Waals surface area (Å²) < 4.78 is 0. The summed E-state index contributed by atoms with van der Waals surface area (Å²) in [6.45, 7) is 7.92. The molecule has 2 nitrogen and oxygen atoms in total. The van der Waals surface area contributed by atoms with Crippen molar-refractivity contribution in [2.24, 2.45) is 5.92 Å². The average Bonchev–Trinajstić information content (AvgIpc) is 2.25. The number of piperidine rings is 1. The molecule has 0 aromatic carbocycles. The normalized spacial score (nSPS) is 19.6. The molecule has 0 atom stereocenters. The molecular formula is C11H21ClN2. The zero-order valence-corrected chi connectivity index (χ0v) is 9.76. The Morgan fingerprint density at radius 2 is 2.14 bits per heavy atom. The Balaban J connectivity index is 2.23. The Hall–Kier alpha value is -0.0500. The van der Waals surface area contributed by atoms with Crippen LogP contribution in [0.4, 0.5) is 0 Å². The molecule has 0 radical (unpaired) electrons. The molecule has 1 saturated heterocycles. The van der Waals surface area contributed by atoms with E-state index in [4.69, 9.17) is 11.6 Å². The van der Waals surface area contributed by atoms with Crippen LogP contribution in [0, 0.1) is 5.92 Å². The van der Waals surface area contributed by atoms with Crippen LogP contribution in [0.1, 0.15) is 19.8 Å². The van der Waals surface area contributed by atoms with Crippen LogP contribution in [-0.2, 0) is 0 Å². The van der Waals surface area contributed by atoms with Crippen molar-refractivity contribution in [1.29, 1.82) is 0 Å². The van der Waals surface area contributed by atoms with Gasteiger partial charge in [0.25, 0.3) is 0 Å². The molecule has 0 aliphatic carbocycles. The molecule has 0 bridgehead atoms. The summed E-state index contributed by atoms with van der Waals surface area (Å²) in [5.41, 5.74) is 1.62. The second kappa shape index (κ2) is 7.27. The van der Waals surface area contributed by atoms with Crippen molar-refractivity contribution in [3.05, 3.63) is 11.6 Å². The molecule has 1 N–H and O–H groups in total. The Morgan fingerprint density at radius 3 is 2.71 bits per heavy atom. The molecule has 0 aromatic rings. The highest BCUT2D eigenvalue weighted by molar-refractivity contribution is 6.25. The van der Waals surface area contributed by atoms with Gasteiger partial charge < -0.3 is 5.32 Å². The zero-order chi connectivity index (χ0) is 10.2. The van der Waals surface area contributed by atoms with E-state index in [1.807, 2.05) is 6.08 Å². The van der Waals surface area contributed by atoms with E-state index >= 15 is 0 Å². The first-order valence-corrected chi connectivity index (χ1v) is 5.98. The summed E-state index contributed by atoms with van der Waals surface area (Å²) in [7, 11) is 0. The average molecular weight is 217 g/mol. The van der Waals surface area contributed by atoms with E-state index in [2.05, 4.69) is 17.1 Å². The zero-order valence-electron chi connectivity index (χ0n) is 9.01. The number of nitrogens with zero attached hydrogens (tertiary/aromatic N) is 1. The number of hydrogen-bond donors (Lipinski definition) is 1. The molecule has 0 unspecified atom stereocenters. The maximum Gasteiger partial charge on any atom is 0.0174 e. The van der Waals surface area contributed by atoms with Gasteiger partial charge in [0.05, 0.1) is 0 Å². The van der Waals surface area contributed by atoms with Crippen molar-refractivity contribution in [1.82, 2.24) is 10.2 Å². The van der Waals surface area contributed by atoms with Gasteiger partial charge in [-0.3, -0.25) is 4.90 Å². The van der Waals surface area contributed by atoms with E-state index < -0.39 is 0 Å². The smallest absolute Gasteiger partial charge is 0.0174 e. The van der Waals surface area contributed by atoms with Gasteiger partial charge in [-0.25, -0.2) is 0 Å². The standard InChI is InChI=1S/C11H21ClN2/c1-2-14(9-3-6-12)10-11-4-7-13-8-5-11/h3,6,11,13H,2,4-5,7-10H2,1H3. The molecule has 3 heteroatoms. The van der Waals surface area contributed by atoms with Crippen LogP contribution < -0.4 is 5.32 Å². The van der Waals surface area contributed by atoms with Crippen LogP contribution in [0.25, 0.3) is 0 Å². The van der Waals surface area contributed by atoms with Crippen LogP contribution in [0.3, 0.4) is 0 Å². The molecule has 1 rings (SSSR count). The quantitative estimate of drug-likeness (QED) is 0.757. The lowest BCUT2D eigenvalue weighted by molar-refractivity contribution is 0.230. The summed E-state index contributed by atoms with van der Waals surface area (Å²) in [6, 6.07) is 0. The minimum absolute atomic E-state index is 0.875. The first-order chi connectivity index (χ1) is 6.86. The summed E-state index contributed by atoms with van der Waals surface area (Å²) in [6.07, 6.45) is 4.66. The van der Waals surface area contributed by atoms with Crippen molar-refractivity contribution in [2.45, 2.75) is 19.8 Å². The third-order valence-corrected chi connectivity index (χ3v) is 3.05. The van der Waals surface area contributed by atoms with Crippen molar-refractivity contribution >= 4 is 11.6 Å². The molecule has 0 spiro atoms. The van der Waals surface area contributed by atoms with Gasteiger partial charge in [-0.2, -0.15) is 0 Å². The van der Waals surface area contributed by atoms with E-state index in [0.717, 1.165) is 19.0 Å². The van der Waals surface area contributed by atoms with Crippen LogP contribution >= 0.6 is 11.6 Å². The van der Waals surface area contributed by atoms with Gasteiger partial charge in [0, 0.05) is 18.6 Å². The van der Waals surface area contributed by atoms with Crippen LogP contribution in [-0.4, -0.2) is 37.6 Å².